The molecule has 7 heteroatoms. The molecule has 1 aromatic carbocycles. The van der Waals surface area contributed by atoms with Gasteiger partial charge in [0.2, 0.25) is 0 Å². The molecular weight excluding hydrogens is 392 g/mol. The van der Waals surface area contributed by atoms with E-state index in [1.807, 2.05) is 12.1 Å². The predicted octanol–water partition coefficient (Wildman–Crippen LogP) is 3.29. The predicted molar refractivity (Wildman–Crippen MR) is 82.9 cm³/mol. The molecule has 0 atom stereocenters. The fraction of sp³-hybridized carbons (Fsp3) is 0.231. The van der Waals surface area contributed by atoms with Crippen LogP contribution in [0.3, 0.4) is 0 Å². The second-order valence-corrected chi connectivity index (χ2v) is 5.98. The summed E-state index contributed by atoms with van der Waals surface area (Å²) in [5.41, 5.74) is 1.40. The molecule has 20 heavy (non-hydrogen) atoms. The zero-order chi connectivity index (χ0) is 14.7. The first kappa shape index (κ1) is 15.1. The number of rotatable bonds is 5. The maximum Gasteiger partial charge on any atom is 0.303 e. The Bertz CT molecular complexity index is 667. The molecule has 0 saturated heterocycles. The molecule has 2 aromatic rings. The van der Waals surface area contributed by atoms with Gasteiger partial charge in [-0.1, -0.05) is 0 Å². The molecule has 2 rings (SSSR count). The van der Waals surface area contributed by atoms with Gasteiger partial charge in [-0.05, 0) is 50.4 Å². The van der Waals surface area contributed by atoms with Crippen molar-refractivity contribution in [2.24, 2.45) is 0 Å². The fourth-order valence-corrected chi connectivity index (χ4v) is 2.53. The van der Waals surface area contributed by atoms with E-state index in [1.165, 1.54) is 0 Å². The van der Waals surface area contributed by atoms with Crippen molar-refractivity contribution in [3.05, 3.63) is 32.8 Å². The highest BCUT2D eigenvalue weighted by Gasteiger charge is 2.13. The summed E-state index contributed by atoms with van der Waals surface area (Å²) in [5.74, 6) is -1.07. The number of aliphatic carboxylic acids is 1. The van der Waals surface area contributed by atoms with Crippen LogP contribution < -0.4 is 5.32 Å². The molecule has 0 aliphatic heterocycles. The number of nitrogens with one attached hydrogen (secondary N) is 2. The van der Waals surface area contributed by atoms with Gasteiger partial charge in [-0.2, -0.15) is 0 Å². The van der Waals surface area contributed by atoms with Gasteiger partial charge in [-0.25, -0.2) is 0 Å². The number of aromatic amines is 1. The highest BCUT2D eigenvalue weighted by atomic mass is 79.9. The van der Waals surface area contributed by atoms with Crippen molar-refractivity contribution >= 4 is 54.6 Å². The Labute approximate surface area is 132 Å². The molecule has 0 aliphatic carbocycles. The van der Waals surface area contributed by atoms with Crippen molar-refractivity contribution in [3.63, 3.8) is 0 Å². The van der Waals surface area contributed by atoms with E-state index in [4.69, 9.17) is 5.11 Å². The summed E-state index contributed by atoms with van der Waals surface area (Å²) in [6, 6.07) is 3.75. The SMILES string of the molecule is O=C(O)CCCNC(=O)c1c[nH]c2cc(Br)c(Br)cc12. The quantitative estimate of drug-likeness (QED) is 0.670. The number of fused-ring (bicyclic) bond motifs is 1. The minimum absolute atomic E-state index is 0.0483. The van der Waals surface area contributed by atoms with Crippen molar-refractivity contribution in [1.29, 1.82) is 0 Å². The lowest BCUT2D eigenvalue weighted by Gasteiger charge is -2.03. The Kier molecular flexibility index (Phi) is 4.82. The second-order valence-electron chi connectivity index (χ2n) is 4.27. The van der Waals surface area contributed by atoms with Gasteiger partial charge in [0.1, 0.15) is 0 Å². The number of carbonyl (C=O) groups is 2. The van der Waals surface area contributed by atoms with Gasteiger partial charge in [-0.3, -0.25) is 9.59 Å². The number of carboxylic acid groups (broad SMARTS) is 1. The summed E-state index contributed by atoms with van der Waals surface area (Å²) < 4.78 is 1.77. The maximum absolute atomic E-state index is 12.1. The maximum atomic E-state index is 12.1. The first-order chi connectivity index (χ1) is 9.49. The van der Waals surface area contributed by atoms with Gasteiger partial charge < -0.3 is 15.4 Å². The molecule has 0 aliphatic rings. The van der Waals surface area contributed by atoms with Crippen LogP contribution in [0.2, 0.25) is 0 Å². The largest absolute Gasteiger partial charge is 0.481 e. The second kappa shape index (κ2) is 6.41. The Morgan fingerprint density at radius 2 is 1.95 bits per heavy atom. The average molecular weight is 404 g/mol. The Balaban J connectivity index is 2.10. The van der Waals surface area contributed by atoms with E-state index in [0.717, 1.165) is 19.8 Å². The number of benzene rings is 1. The van der Waals surface area contributed by atoms with Crippen LogP contribution in [-0.2, 0) is 4.79 Å². The molecule has 0 unspecified atom stereocenters. The van der Waals surface area contributed by atoms with Gasteiger partial charge in [0.05, 0.1) is 5.56 Å². The van der Waals surface area contributed by atoms with Crippen molar-refractivity contribution in [3.8, 4) is 0 Å². The number of amides is 1. The fourth-order valence-electron chi connectivity index (χ4n) is 1.84. The van der Waals surface area contributed by atoms with Gasteiger partial charge in [-0.15, -0.1) is 0 Å². The monoisotopic (exact) mass is 402 g/mol. The third-order valence-corrected chi connectivity index (χ3v) is 4.66. The van der Waals surface area contributed by atoms with Crippen LogP contribution in [0, 0.1) is 0 Å². The Hall–Kier alpha value is -1.34. The van der Waals surface area contributed by atoms with Gasteiger partial charge in [0.15, 0.2) is 0 Å². The summed E-state index contributed by atoms with van der Waals surface area (Å²) in [7, 11) is 0. The van der Waals surface area contributed by atoms with Crippen LogP contribution in [0.15, 0.2) is 27.3 Å². The first-order valence-electron chi connectivity index (χ1n) is 5.95. The molecule has 106 valence electrons. The highest BCUT2D eigenvalue weighted by molar-refractivity contribution is 9.13. The third kappa shape index (κ3) is 3.40. The van der Waals surface area contributed by atoms with Crippen molar-refractivity contribution < 1.29 is 14.7 Å². The zero-order valence-corrected chi connectivity index (χ0v) is 13.5. The minimum atomic E-state index is -0.861. The van der Waals surface area contributed by atoms with E-state index in [2.05, 4.69) is 42.2 Å². The van der Waals surface area contributed by atoms with E-state index in [-0.39, 0.29) is 12.3 Å². The lowest BCUT2D eigenvalue weighted by Crippen LogP contribution is -2.24. The molecule has 0 radical (unpaired) electrons. The summed E-state index contributed by atoms with van der Waals surface area (Å²) in [4.78, 5) is 25.5. The zero-order valence-electron chi connectivity index (χ0n) is 10.4. The van der Waals surface area contributed by atoms with E-state index < -0.39 is 5.97 Å². The van der Waals surface area contributed by atoms with Gasteiger partial charge in [0.25, 0.3) is 5.91 Å². The number of carboxylic acids is 1. The number of halogens is 2. The molecule has 0 spiro atoms. The third-order valence-electron chi connectivity index (χ3n) is 2.82. The molecule has 0 fully saturated rings. The van der Waals surface area contributed by atoms with Gasteiger partial charge >= 0.3 is 5.97 Å². The number of H-pyrrole nitrogens is 1. The molecule has 1 amide bonds. The van der Waals surface area contributed by atoms with Crippen LogP contribution in [0.25, 0.3) is 10.9 Å². The summed E-state index contributed by atoms with van der Waals surface area (Å²) in [6.45, 7) is 0.343. The van der Waals surface area contributed by atoms with Crippen LogP contribution in [0.5, 0.6) is 0 Å². The standard InChI is InChI=1S/C13H12Br2N2O3/c14-9-4-7-8(6-17-11(7)5-10(9)15)13(20)16-3-1-2-12(18)19/h4-6,17H,1-3H2,(H,16,20)(H,18,19). The Morgan fingerprint density at radius 1 is 1.25 bits per heavy atom. The van der Waals surface area contributed by atoms with E-state index in [0.29, 0.717) is 18.5 Å². The van der Waals surface area contributed by atoms with E-state index in [1.54, 1.807) is 6.20 Å². The molecule has 1 aromatic heterocycles. The van der Waals surface area contributed by atoms with Crippen molar-refractivity contribution in [1.82, 2.24) is 10.3 Å². The molecular formula is C13H12Br2N2O3. The lowest BCUT2D eigenvalue weighted by atomic mass is 10.1. The first-order valence-corrected chi connectivity index (χ1v) is 7.53. The topological polar surface area (TPSA) is 82.2 Å². The number of carbonyl (C=O) groups excluding carboxylic acids is 1. The van der Waals surface area contributed by atoms with Crippen LogP contribution in [0.4, 0.5) is 0 Å². The number of hydrogen-bond acceptors (Lipinski definition) is 2. The van der Waals surface area contributed by atoms with Crippen LogP contribution in [-0.4, -0.2) is 28.5 Å². The van der Waals surface area contributed by atoms with Crippen LogP contribution in [0.1, 0.15) is 23.2 Å². The van der Waals surface area contributed by atoms with Crippen LogP contribution >= 0.6 is 31.9 Å². The molecule has 0 saturated carbocycles. The number of hydrogen-bond donors (Lipinski definition) is 3. The van der Waals surface area contributed by atoms with Gasteiger partial charge in [0, 0.05) is 39.0 Å². The molecule has 3 N–H and O–H groups in total. The van der Waals surface area contributed by atoms with E-state index in [9.17, 15) is 9.59 Å². The highest BCUT2D eigenvalue weighted by Crippen LogP contribution is 2.29. The smallest absolute Gasteiger partial charge is 0.303 e. The normalized spacial score (nSPS) is 10.7. The molecule has 0 bridgehead atoms. The molecule has 1 heterocycles. The lowest BCUT2D eigenvalue weighted by molar-refractivity contribution is -0.137. The summed E-state index contributed by atoms with van der Waals surface area (Å²) in [6.07, 6.45) is 2.11. The van der Waals surface area contributed by atoms with E-state index >= 15 is 0 Å². The van der Waals surface area contributed by atoms with Crippen molar-refractivity contribution in [2.45, 2.75) is 12.8 Å². The average Bonchev–Trinajstić information content (AvgIpc) is 2.77. The van der Waals surface area contributed by atoms with Crippen molar-refractivity contribution in [2.75, 3.05) is 6.54 Å². The summed E-state index contributed by atoms with van der Waals surface area (Å²) in [5, 5.41) is 12.1. The minimum Gasteiger partial charge on any atom is -0.481 e. The number of aromatic nitrogens is 1. The summed E-state index contributed by atoms with van der Waals surface area (Å²) >= 11 is 6.81. The Morgan fingerprint density at radius 3 is 2.65 bits per heavy atom. The molecule has 5 nitrogen and oxygen atoms in total.